The first-order chi connectivity index (χ1) is 9.43. The summed E-state index contributed by atoms with van der Waals surface area (Å²) in [6.45, 7) is 3.26. The first-order valence-electron chi connectivity index (χ1n) is 6.00. The van der Waals surface area contributed by atoms with Gasteiger partial charge in [0.1, 0.15) is 0 Å². The predicted molar refractivity (Wildman–Crippen MR) is 71.8 cm³/mol. The molecular formula is C13H15N3O4. The van der Waals surface area contributed by atoms with Gasteiger partial charge in [-0.3, -0.25) is 10.1 Å². The van der Waals surface area contributed by atoms with Crippen molar-refractivity contribution in [3.63, 3.8) is 0 Å². The van der Waals surface area contributed by atoms with Crippen molar-refractivity contribution in [1.29, 1.82) is 0 Å². The summed E-state index contributed by atoms with van der Waals surface area (Å²) in [6, 6.07) is 4.71. The molecule has 0 atom stereocenters. The Labute approximate surface area is 115 Å². The number of benzene rings is 1. The maximum atomic E-state index is 11.1. The molecule has 0 amide bonds. The van der Waals surface area contributed by atoms with E-state index in [1.807, 2.05) is 0 Å². The number of aliphatic hydroxyl groups is 1. The van der Waals surface area contributed by atoms with Crippen LogP contribution in [0.25, 0.3) is 0 Å². The second-order valence-corrected chi connectivity index (χ2v) is 4.48. The molecule has 0 fully saturated rings. The number of nitro groups is 1. The van der Waals surface area contributed by atoms with Crippen LogP contribution in [0.2, 0.25) is 0 Å². The number of aromatic nitrogens is 2. The highest BCUT2D eigenvalue weighted by molar-refractivity contribution is 5.50. The van der Waals surface area contributed by atoms with E-state index in [9.17, 15) is 15.2 Å². The lowest BCUT2D eigenvalue weighted by Crippen LogP contribution is -2.00. The molecule has 0 saturated heterocycles. The average molecular weight is 277 g/mol. The smallest absolute Gasteiger partial charge is 0.311 e. The Morgan fingerprint density at radius 2 is 2.15 bits per heavy atom. The molecular weight excluding hydrogens is 262 g/mol. The fourth-order valence-corrected chi connectivity index (χ4v) is 1.95. The van der Waals surface area contributed by atoms with Crippen molar-refractivity contribution in [1.82, 2.24) is 9.78 Å². The Morgan fingerprint density at radius 3 is 2.75 bits per heavy atom. The van der Waals surface area contributed by atoms with Gasteiger partial charge in [-0.05, 0) is 25.5 Å². The van der Waals surface area contributed by atoms with Crippen LogP contribution in [0, 0.1) is 24.0 Å². The largest absolute Gasteiger partial charge is 0.432 e. The zero-order valence-corrected chi connectivity index (χ0v) is 11.5. The van der Waals surface area contributed by atoms with Gasteiger partial charge in [-0.15, -0.1) is 0 Å². The van der Waals surface area contributed by atoms with Crippen LogP contribution < -0.4 is 4.74 Å². The van der Waals surface area contributed by atoms with Crippen molar-refractivity contribution >= 4 is 5.69 Å². The van der Waals surface area contributed by atoms with Gasteiger partial charge in [-0.1, -0.05) is 6.07 Å². The maximum Gasteiger partial charge on any atom is 0.311 e. The van der Waals surface area contributed by atoms with E-state index in [-0.39, 0.29) is 18.0 Å². The molecule has 2 rings (SSSR count). The monoisotopic (exact) mass is 277 g/mol. The number of aliphatic hydroxyl groups excluding tert-OH is 1. The van der Waals surface area contributed by atoms with Crippen molar-refractivity contribution in [2.75, 3.05) is 0 Å². The van der Waals surface area contributed by atoms with E-state index in [1.54, 1.807) is 27.0 Å². The molecule has 0 aliphatic rings. The van der Waals surface area contributed by atoms with Crippen molar-refractivity contribution in [2.45, 2.75) is 20.5 Å². The molecule has 7 nitrogen and oxygen atoms in total. The third-order valence-electron chi connectivity index (χ3n) is 2.96. The minimum Gasteiger partial charge on any atom is -0.432 e. The molecule has 0 unspecified atom stereocenters. The fraction of sp³-hybridized carbons (Fsp3) is 0.308. The first kappa shape index (κ1) is 14.0. The van der Waals surface area contributed by atoms with E-state index in [0.29, 0.717) is 17.1 Å². The Morgan fingerprint density at radius 1 is 1.45 bits per heavy atom. The number of nitrogens with zero attached hydrogens (tertiary/aromatic N) is 3. The standard InChI is InChI=1S/C13H15N3O4/c1-8-4-5-12(11(6-8)16(18)19)20-13-10(7-17)9(2)14-15(13)3/h4-6,17H,7H2,1-3H3. The summed E-state index contributed by atoms with van der Waals surface area (Å²) in [5.74, 6) is 0.426. The zero-order chi connectivity index (χ0) is 14.9. The third kappa shape index (κ3) is 2.48. The fourth-order valence-electron chi connectivity index (χ4n) is 1.95. The normalized spacial score (nSPS) is 10.6. The molecule has 106 valence electrons. The minimum absolute atomic E-state index is 0.118. The summed E-state index contributed by atoms with van der Waals surface area (Å²) >= 11 is 0. The number of hydrogen-bond acceptors (Lipinski definition) is 5. The molecule has 0 radical (unpaired) electrons. The average Bonchev–Trinajstić information content (AvgIpc) is 2.65. The lowest BCUT2D eigenvalue weighted by molar-refractivity contribution is -0.385. The van der Waals surface area contributed by atoms with Gasteiger partial charge in [0, 0.05) is 13.1 Å². The second-order valence-electron chi connectivity index (χ2n) is 4.48. The second kappa shape index (κ2) is 5.30. The van der Waals surface area contributed by atoms with Crippen LogP contribution in [-0.2, 0) is 13.7 Å². The summed E-state index contributed by atoms with van der Waals surface area (Å²) in [6.07, 6.45) is 0. The van der Waals surface area contributed by atoms with Crippen LogP contribution in [0.5, 0.6) is 11.6 Å². The number of hydrogen-bond donors (Lipinski definition) is 1. The lowest BCUT2D eigenvalue weighted by Gasteiger charge is -2.08. The van der Waals surface area contributed by atoms with Crippen LogP contribution >= 0.6 is 0 Å². The summed E-state index contributed by atoms with van der Waals surface area (Å²) in [5.41, 5.74) is 1.79. The maximum absolute atomic E-state index is 11.1. The lowest BCUT2D eigenvalue weighted by atomic mass is 10.2. The topological polar surface area (TPSA) is 90.4 Å². The van der Waals surface area contributed by atoms with E-state index in [1.165, 1.54) is 16.8 Å². The van der Waals surface area contributed by atoms with Gasteiger partial charge in [-0.2, -0.15) is 5.10 Å². The summed E-state index contributed by atoms with van der Waals surface area (Å²) in [4.78, 5) is 10.6. The van der Waals surface area contributed by atoms with Crippen molar-refractivity contribution in [3.8, 4) is 11.6 Å². The highest BCUT2D eigenvalue weighted by Gasteiger charge is 2.20. The van der Waals surface area contributed by atoms with Crippen LogP contribution in [0.15, 0.2) is 18.2 Å². The molecule has 0 spiro atoms. The highest BCUT2D eigenvalue weighted by Crippen LogP contribution is 2.34. The molecule has 0 bridgehead atoms. The van der Waals surface area contributed by atoms with Crippen molar-refractivity contribution < 1.29 is 14.8 Å². The number of rotatable bonds is 4. The number of nitro benzene ring substituents is 1. The molecule has 1 heterocycles. The van der Waals surface area contributed by atoms with Crippen LogP contribution in [-0.4, -0.2) is 19.8 Å². The van der Waals surface area contributed by atoms with Crippen LogP contribution in [0.4, 0.5) is 5.69 Å². The molecule has 2 aromatic rings. The van der Waals surface area contributed by atoms with Gasteiger partial charge < -0.3 is 9.84 Å². The molecule has 1 N–H and O–H groups in total. The zero-order valence-electron chi connectivity index (χ0n) is 11.5. The third-order valence-corrected chi connectivity index (χ3v) is 2.96. The SMILES string of the molecule is Cc1ccc(Oc2c(CO)c(C)nn2C)c([N+](=O)[O-])c1. The van der Waals surface area contributed by atoms with E-state index in [4.69, 9.17) is 4.74 Å². The van der Waals surface area contributed by atoms with Crippen LogP contribution in [0.3, 0.4) is 0 Å². The highest BCUT2D eigenvalue weighted by atomic mass is 16.6. The molecule has 0 aliphatic carbocycles. The number of ether oxygens (including phenoxy) is 1. The van der Waals surface area contributed by atoms with Crippen molar-refractivity contribution in [2.24, 2.45) is 7.05 Å². The Bertz CT molecular complexity index is 664. The molecule has 1 aromatic heterocycles. The Hall–Kier alpha value is -2.41. The van der Waals surface area contributed by atoms with Gasteiger partial charge >= 0.3 is 5.69 Å². The molecule has 1 aromatic carbocycles. The minimum atomic E-state index is -0.496. The quantitative estimate of drug-likeness (QED) is 0.683. The van der Waals surface area contributed by atoms with E-state index < -0.39 is 4.92 Å². The van der Waals surface area contributed by atoms with E-state index in [0.717, 1.165) is 5.56 Å². The molecule has 0 saturated carbocycles. The summed E-state index contributed by atoms with van der Waals surface area (Å²) in [5, 5.41) is 24.5. The van der Waals surface area contributed by atoms with Gasteiger partial charge in [0.2, 0.25) is 11.6 Å². The van der Waals surface area contributed by atoms with E-state index >= 15 is 0 Å². The molecule has 0 aliphatic heterocycles. The van der Waals surface area contributed by atoms with Gasteiger partial charge in [0.25, 0.3) is 0 Å². The van der Waals surface area contributed by atoms with Gasteiger partial charge in [0.15, 0.2) is 0 Å². The van der Waals surface area contributed by atoms with Crippen LogP contribution in [0.1, 0.15) is 16.8 Å². The Balaban J connectivity index is 2.48. The predicted octanol–water partition coefficient (Wildman–Crippen LogP) is 2.23. The summed E-state index contributed by atoms with van der Waals surface area (Å²) in [7, 11) is 1.65. The summed E-state index contributed by atoms with van der Waals surface area (Å²) < 4.78 is 7.05. The first-order valence-corrected chi connectivity index (χ1v) is 6.00. The van der Waals surface area contributed by atoms with E-state index in [2.05, 4.69) is 5.10 Å². The Kier molecular flexibility index (Phi) is 3.71. The van der Waals surface area contributed by atoms with Gasteiger partial charge in [-0.25, -0.2) is 4.68 Å². The van der Waals surface area contributed by atoms with Crippen molar-refractivity contribution in [3.05, 3.63) is 45.1 Å². The number of aryl methyl sites for hydroxylation is 3. The molecule has 7 heteroatoms. The van der Waals surface area contributed by atoms with Gasteiger partial charge in [0.05, 0.1) is 22.8 Å². The molecule has 20 heavy (non-hydrogen) atoms.